The molecule has 0 spiro atoms. The number of hydrogen-bond donors (Lipinski definition) is 1. The zero-order valence-electron chi connectivity index (χ0n) is 10.0. The fourth-order valence-electron chi connectivity index (χ4n) is 1.74. The Hall–Kier alpha value is -2.03. The molecule has 1 aromatic carbocycles. The van der Waals surface area contributed by atoms with Gasteiger partial charge in [-0.25, -0.2) is 0 Å². The Morgan fingerprint density at radius 1 is 1.18 bits per heavy atom. The lowest BCUT2D eigenvalue weighted by molar-refractivity contribution is 0.875. The molecule has 0 amide bonds. The molecule has 88 valence electrons. The molecule has 2 aromatic rings. The molecule has 0 saturated carbocycles. The highest BCUT2D eigenvalue weighted by atomic mass is 15.1. The second-order valence-electron chi connectivity index (χ2n) is 4.12. The maximum atomic E-state index is 5.77. The summed E-state index contributed by atoms with van der Waals surface area (Å²) in [6, 6.07) is 12.0. The fraction of sp³-hybridized carbons (Fsp3) is 0.214. The second-order valence-corrected chi connectivity index (χ2v) is 4.12. The van der Waals surface area contributed by atoms with Gasteiger partial charge in [0.05, 0.1) is 0 Å². The molecule has 1 heterocycles. The Morgan fingerprint density at radius 2 is 1.94 bits per heavy atom. The molecule has 0 radical (unpaired) electrons. The number of rotatable bonds is 4. The number of nitrogen functional groups attached to an aromatic ring is 1. The van der Waals surface area contributed by atoms with Crippen LogP contribution in [0.1, 0.15) is 5.56 Å². The van der Waals surface area contributed by atoms with Crippen LogP contribution in [0.3, 0.4) is 0 Å². The van der Waals surface area contributed by atoms with Crippen LogP contribution in [0.15, 0.2) is 48.8 Å². The van der Waals surface area contributed by atoms with Crippen molar-refractivity contribution in [3.63, 3.8) is 0 Å². The number of aromatic nitrogens is 1. The summed E-state index contributed by atoms with van der Waals surface area (Å²) >= 11 is 0. The molecule has 1 aromatic heterocycles. The molecule has 0 aliphatic carbocycles. The number of anilines is 2. The van der Waals surface area contributed by atoms with Crippen LogP contribution in [0, 0.1) is 0 Å². The van der Waals surface area contributed by atoms with Crippen molar-refractivity contribution in [3.8, 4) is 0 Å². The lowest BCUT2D eigenvalue weighted by Gasteiger charge is -2.19. The first-order chi connectivity index (χ1) is 8.25. The van der Waals surface area contributed by atoms with Crippen LogP contribution in [0.25, 0.3) is 0 Å². The van der Waals surface area contributed by atoms with Gasteiger partial charge in [0.2, 0.25) is 0 Å². The molecular weight excluding hydrogens is 210 g/mol. The van der Waals surface area contributed by atoms with Crippen LogP contribution < -0.4 is 10.6 Å². The van der Waals surface area contributed by atoms with Gasteiger partial charge in [-0.3, -0.25) is 4.98 Å². The van der Waals surface area contributed by atoms with Gasteiger partial charge >= 0.3 is 0 Å². The highest BCUT2D eigenvalue weighted by Gasteiger charge is 2.01. The van der Waals surface area contributed by atoms with E-state index in [1.165, 1.54) is 5.56 Å². The van der Waals surface area contributed by atoms with Crippen LogP contribution in [-0.2, 0) is 6.42 Å². The quantitative estimate of drug-likeness (QED) is 0.815. The van der Waals surface area contributed by atoms with Gasteiger partial charge in [0, 0.05) is 37.4 Å². The molecule has 2 rings (SSSR count). The molecule has 0 unspecified atom stereocenters. The highest BCUT2D eigenvalue weighted by molar-refractivity contribution is 5.55. The van der Waals surface area contributed by atoms with Gasteiger partial charge in [-0.05, 0) is 42.3 Å². The molecule has 3 heteroatoms. The molecule has 2 N–H and O–H groups in total. The van der Waals surface area contributed by atoms with Crippen molar-refractivity contribution in [2.24, 2.45) is 0 Å². The van der Waals surface area contributed by atoms with Crippen molar-refractivity contribution >= 4 is 11.4 Å². The predicted molar refractivity (Wildman–Crippen MR) is 72.1 cm³/mol. The summed E-state index contributed by atoms with van der Waals surface area (Å²) in [6.45, 7) is 0.966. The van der Waals surface area contributed by atoms with Crippen molar-refractivity contribution in [1.82, 2.24) is 4.98 Å². The third-order valence-electron chi connectivity index (χ3n) is 2.80. The van der Waals surface area contributed by atoms with E-state index in [0.717, 1.165) is 24.3 Å². The topological polar surface area (TPSA) is 42.2 Å². The molecular formula is C14H17N3. The lowest BCUT2D eigenvalue weighted by Crippen LogP contribution is -2.20. The summed E-state index contributed by atoms with van der Waals surface area (Å²) < 4.78 is 0. The number of nitrogens with two attached hydrogens (primary N) is 1. The summed E-state index contributed by atoms with van der Waals surface area (Å²) in [7, 11) is 2.08. The van der Waals surface area contributed by atoms with Gasteiger partial charge in [-0.2, -0.15) is 0 Å². The van der Waals surface area contributed by atoms with E-state index in [2.05, 4.69) is 23.0 Å². The lowest BCUT2D eigenvalue weighted by atomic mass is 10.2. The third kappa shape index (κ3) is 3.21. The maximum Gasteiger partial charge on any atom is 0.0384 e. The average Bonchev–Trinajstić information content (AvgIpc) is 2.37. The van der Waals surface area contributed by atoms with Crippen LogP contribution in [0.4, 0.5) is 11.4 Å². The first-order valence-corrected chi connectivity index (χ1v) is 5.71. The van der Waals surface area contributed by atoms with E-state index in [0.29, 0.717) is 0 Å². The fourth-order valence-corrected chi connectivity index (χ4v) is 1.74. The molecule has 17 heavy (non-hydrogen) atoms. The van der Waals surface area contributed by atoms with Gasteiger partial charge < -0.3 is 10.6 Å². The minimum atomic E-state index is 0.804. The first-order valence-electron chi connectivity index (χ1n) is 5.71. The Balaban J connectivity index is 1.96. The Kier molecular flexibility index (Phi) is 3.60. The number of likely N-dealkylation sites (N-methyl/N-ethyl adjacent to an activating group) is 1. The normalized spacial score (nSPS) is 10.2. The van der Waals surface area contributed by atoms with Crippen molar-refractivity contribution in [2.75, 3.05) is 24.2 Å². The number of pyridine rings is 1. The van der Waals surface area contributed by atoms with Gasteiger partial charge in [0.1, 0.15) is 0 Å². The van der Waals surface area contributed by atoms with Crippen molar-refractivity contribution < 1.29 is 0 Å². The zero-order chi connectivity index (χ0) is 12.1. The largest absolute Gasteiger partial charge is 0.399 e. The minimum Gasteiger partial charge on any atom is -0.399 e. The smallest absolute Gasteiger partial charge is 0.0384 e. The van der Waals surface area contributed by atoms with Crippen molar-refractivity contribution in [2.45, 2.75) is 6.42 Å². The monoisotopic (exact) mass is 227 g/mol. The average molecular weight is 227 g/mol. The third-order valence-corrected chi connectivity index (χ3v) is 2.80. The maximum absolute atomic E-state index is 5.77. The van der Waals surface area contributed by atoms with Crippen molar-refractivity contribution in [3.05, 3.63) is 54.4 Å². The van der Waals surface area contributed by atoms with E-state index < -0.39 is 0 Å². The van der Waals surface area contributed by atoms with Gasteiger partial charge in [0.15, 0.2) is 0 Å². The molecule has 0 saturated heterocycles. The summed E-state index contributed by atoms with van der Waals surface area (Å²) in [5, 5.41) is 0. The zero-order valence-corrected chi connectivity index (χ0v) is 10.0. The van der Waals surface area contributed by atoms with E-state index in [1.54, 1.807) is 0 Å². The number of hydrogen-bond acceptors (Lipinski definition) is 3. The second kappa shape index (κ2) is 5.34. The molecule has 0 fully saturated rings. The van der Waals surface area contributed by atoms with E-state index in [4.69, 9.17) is 5.73 Å². The van der Waals surface area contributed by atoms with Crippen molar-refractivity contribution in [1.29, 1.82) is 0 Å². The molecule has 3 nitrogen and oxygen atoms in total. The Labute approximate surface area is 102 Å². The Morgan fingerprint density at radius 3 is 2.65 bits per heavy atom. The van der Waals surface area contributed by atoms with Gasteiger partial charge in [-0.15, -0.1) is 0 Å². The first kappa shape index (κ1) is 11.5. The molecule has 0 aliphatic rings. The number of nitrogens with zero attached hydrogens (tertiary/aromatic N) is 2. The molecule has 0 atom stereocenters. The SMILES string of the molecule is CN(CCc1ccncc1)c1cccc(N)c1. The van der Waals surface area contributed by atoms with Crippen LogP contribution in [-0.4, -0.2) is 18.6 Å². The molecule has 0 aliphatic heterocycles. The predicted octanol–water partition coefficient (Wildman–Crippen LogP) is 2.34. The van der Waals surface area contributed by atoms with Crippen LogP contribution in [0.2, 0.25) is 0 Å². The van der Waals surface area contributed by atoms with Crippen LogP contribution >= 0.6 is 0 Å². The highest BCUT2D eigenvalue weighted by Crippen LogP contribution is 2.16. The summed E-state index contributed by atoms with van der Waals surface area (Å²) in [6.07, 6.45) is 4.67. The van der Waals surface area contributed by atoms with E-state index in [1.807, 2.05) is 42.7 Å². The van der Waals surface area contributed by atoms with Crippen LogP contribution in [0.5, 0.6) is 0 Å². The molecule has 0 bridgehead atoms. The van der Waals surface area contributed by atoms with Gasteiger partial charge in [0.25, 0.3) is 0 Å². The number of benzene rings is 1. The summed E-state index contributed by atoms with van der Waals surface area (Å²) in [5.74, 6) is 0. The van der Waals surface area contributed by atoms with E-state index >= 15 is 0 Å². The van der Waals surface area contributed by atoms with E-state index in [9.17, 15) is 0 Å². The minimum absolute atomic E-state index is 0.804. The Bertz CT molecular complexity index is 468. The summed E-state index contributed by atoms with van der Waals surface area (Å²) in [4.78, 5) is 6.22. The standard InChI is InChI=1S/C14H17N3/c1-17(14-4-2-3-13(15)11-14)10-7-12-5-8-16-9-6-12/h2-6,8-9,11H,7,10,15H2,1H3. The summed E-state index contributed by atoms with van der Waals surface area (Å²) in [5.41, 5.74) is 9.03. The van der Waals surface area contributed by atoms with E-state index in [-0.39, 0.29) is 0 Å². The van der Waals surface area contributed by atoms with Gasteiger partial charge in [-0.1, -0.05) is 6.07 Å².